The maximum absolute atomic E-state index is 12.7. The summed E-state index contributed by atoms with van der Waals surface area (Å²) in [6.45, 7) is 4.65. The van der Waals surface area contributed by atoms with Gasteiger partial charge in [0, 0.05) is 26.1 Å². The highest BCUT2D eigenvalue weighted by Crippen LogP contribution is 2.19. The molecule has 0 N–H and O–H groups in total. The summed E-state index contributed by atoms with van der Waals surface area (Å²) >= 11 is 0. The van der Waals surface area contributed by atoms with Crippen LogP contribution >= 0.6 is 0 Å². The summed E-state index contributed by atoms with van der Waals surface area (Å²) in [5.41, 5.74) is 1.34. The Morgan fingerprint density at radius 1 is 1.21 bits per heavy atom. The number of morpholine rings is 1. The molecular formula is C11H16FNO. The van der Waals surface area contributed by atoms with Crippen molar-refractivity contribution in [3.63, 3.8) is 0 Å². The standard InChI is InChI=1S/C11H16FNO/c12-11-3-1-10(2-4-11)9-13-5-7-14-8-6-13/h1,3H,2,4-9H2. The first-order valence-electron chi connectivity index (χ1n) is 5.19. The quantitative estimate of drug-likeness (QED) is 0.670. The number of hydrogen-bond acceptors (Lipinski definition) is 2. The van der Waals surface area contributed by atoms with Gasteiger partial charge in [-0.2, -0.15) is 0 Å². The van der Waals surface area contributed by atoms with Crippen molar-refractivity contribution >= 4 is 0 Å². The fourth-order valence-corrected chi connectivity index (χ4v) is 1.83. The Bertz CT molecular complexity index is 254. The maximum Gasteiger partial charge on any atom is 0.100 e. The van der Waals surface area contributed by atoms with E-state index >= 15 is 0 Å². The third kappa shape index (κ3) is 2.66. The lowest BCUT2D eigenvalue weighted by Crippen LogP contribution is -2.37. The smallest absolute Gasteiger partial charge is 0.100 e. The third-order valence-corrected chi connectivity index (χ3v) is 2.72. The molecule has 1 aliphatic carbocycles. The van der Waals surface area contributed by atoms with Gasteiger partial charge in [0.05, 0.1) is 13.2 Å². The molecular weight excluding hydrogens is 181 g/mol. The molecule has 1 aliphatic heterocycles. The van der Waals surface area contributed by atoms with E-state index < -0.39 is 0 Å². The molecule has 3 heteroatoms. The molecule has 2 aliphatic rings. The van der Waals surface area contributed by atoms with Gasteiger partial charge in [0.25, 0.3) is 0 Å². The molecule has 0 atom stereocenters. The topological polar surface area (TPSA) is 12.5 Å². The fourth-order valence-electron chi connectivity index (χ4n) is 1.83. The van der Waals surface area contributed by atoms with Crippen molar-refractivity contribution < 1.29 is 9.13 Å². The van der Waals surface area contributed by atoms with E-state index in [-0.39, 0.29) is 5.83 Å². The second kappa shape index (κ2) is 4.71. The largest absolute Gasteiger partial charge is 0.379 e. The van der Waals surface area contributed by atoms with Gasteiger partial charge in [0.1, 0.15) is 5.83 Å². The predicted molar refractivity (Wildman–Crippen MR) is 53.8 cm³/mol. The van der Waals surface area contributed by atoms with E-state index in [1.165, 1.54) is 5.57 Å². The fraction of sp³-hybridized carbons (Fsp3) is 0.636. The minimum atomic E-state index is 0.00993. The van der Waals surface area contributed by atoms with Crippen molar-refractivity contribution in [2.24, 2.45) is 0 Å². The Labute approximate surface area is 84.0 Å². The molecule has 2 nitrogen and oxygen atoms in total. The van der Waals surface area contributed by atoms with Crippen molar-refractivity contribution in [3.8, 4) is 0 Å². The zero-order valence-corrected chi connectivity index (χ0v) is 8.34. The van der Waals surface area contributed by atoms with Gasteiger partial charge in [-0.1, -0.05) is 11.6 Å². The van der Waals surface area contributed by atoms with Crippen LogP contribution in [0.5, 0.6) is 0 Å². The van der Waals surface area contributed by atoms with Crippen LogP contribution in [-0.2, 0) is 4.74 Å². The lowest BCUT2D eigenvalue weighted by atomic mass is 10.0. The summed E-state index contributed by atoms with van der Waals surface area (Å²) in [5, 5.41) is 0. The molecule has 0 saturated carbocycles. The van der Waals surface area contributed by atoms with Gasteiger partial charge >= 0.3 is 0 Å². The van der Waals surface area contributed by atoms with Crippen molar-refractivity contribution in [3.05, 3.63) is 23.6 Å². The van der Waals surface area contributed by atoms with Gasteiger partial charge in [-0.15, -0.1) is 0 Å². The highest BCUT2D eigenvalue weighted by molar-refractivity contribution is 5.21. The van der Waals surface area contributed by atoms with Gasteiger partial charge in [0.2, 0.25) is 0 Å². The summed E-state index contributed by atoms with van der Waals surface area (Å²) < 4.78 is 18.0. The summed E-state index contributed by atoms with van der Waals surface area (Å²) in [4.78, 5) is 2.37. The minimum absolute atomic E-state index is 0.00993. The zero-order chi connectivity index (χ0) is 9.80. The third-order valence-electron chi connectivity index (χ3n) is 2.72. The van der Waals surface area contributed by atoms with Crippen LogP contribution in [0.1, 0.15) is 12.8 Å². The summed E-state index contributed by atoms with van der Waals surface area (Å²) in [6, 6.07) is 0. The van der Waals surface area contributed by atoms with E-state index in [0.29, 0.717) is 6.42 Å². The van der Waals surface area contributed by atoms with Crippen molar-refractivity contribution in [1.29, 1.82) is 0 Å². The van der Waals surface area contributed by atoms with Gasteiger partial charge in [-0.3, -0.25) is 4.90 Å². The van der Waals surface area contributed by atoms with E-state index in [9.17, 15) is 4.39 Å². The molecule has 0 amide bonds. The summed E-state index contributed by atoms with van der Waals surface area (Å²) in [5.74, 6) is 0.00993. The zero-order valence-electron chi connectivity index (χ0n) is 8.34. The van der Waals surface area contributed by atoms with Gasteiger partial charge in [0.15, 0.2) is 0 Å². The van der Waals surface area contributed by atoms with E-state index in [1.807, 2.05) is 6.08 Å². The van der Waals surface area contributed by atoms with Crippen LogP contribution in [0.2, 0.25) is 0 Å². The van der Waals surface area contributed by atoms with Crippen LogP contribution in [0.4, 0.5) is 4.39 Å². The van der Waals surface area contributed by atoms with Crippen molar-refractivity contribution in [2.45, 2.75) is 12.8 Å². The Morgan fingerprint density at radius 2 is 2.00 bits per heavy atom. The number of allylic oxidation sites excluding steroid dienone is 3. The first-order valence-corrected chi connectivity index (χ1v) is 5.19. The Balaban J connectivity index is 1.84. The van der Waals surface area contributed by atoms with E-state index in [4.69, 9.17) is 4.74 Å². The molecule has 1 heterocycles. The highest BCUT2D eigenvalue weighted by Gasteiger charge is 2.13. The monoisotopic (exact) mass is 197 g/mol. The number of ether oxygens (including phenoxy) is 1. The molecule has 0 aromatic heterocycles. The maximum atomic E-state index is 12.7. The van der Waals surface area contributed by atoms with Crippen LogP contribution < -0.4 is 0 Å². The van der Waals surface area contributed by atoms with Crippen LogP contribution in [0.15, 0.2) is 23.6 Å². The molecule has 0 aromatic rings. The molecule has 14 heavy (non-hydrogen) atoms. The first kappa shape index (κ1) is 9.87. The molecule has 0 bridgehead atoms. The molecule has 0 unspecified atom stereocenters. The normalized spacial score (nSPS) is 24.4. The van der Waals surface area contributed by atoms with E-state index in [2.05, 4.69) is 4.90 Å². The average Bonchev–Trinajstić information content (AvgIpc) is 2.23. The van der Waals surface area contributed by atoms with Crippen LogP contribution in [0, 0.1) is 0 Å². The molecule has 1 saturated heterocycles. The van der Waals surface area contributed by atoms with Gasteiger partial charge in [-0.25, -0.2) is 4.39 Å². The molecule has 1 fully saturated rings. The van der Waals surface area contributed by atoms with Crippen LogP contribution in [0.3, 0.4) is 0 Å². The van der Waals surface area contributed by atoms with Gasteiger partial charge in [-0.05, 0) is 12.5 Å². The van der Waals surface area contributed by atoms with Gasteiger partial charge < -0.3 is 4.74 Å². The lowest BCUT2D eigenvalue weighted by Gasteiger charge is -2.28. The Hall–Kier alpha value is -0.670. The van der Waals surface area contributed by atoms with E-state index in [1.54, 1.807) is 6.08 Å². The second-order valence-electron chi connectivity index (χ2n) is 3.83. The molecule has 0 radical (unpaired) electrons. The molecule has 0 spiro atoms. The molecule has 78 valence electrons. The van der Waals surface area contributed by atoms with Crippen molar-refractivity contribution in [1.82, 2.24) is 4.90 Å². The molecule has 0 aromatic carbocycles. The number of hydrogen-bond donors (Lipinski definition) is 0. The van der Waals surface area contributed by atoms with E-state index in [0.717, 1.165) is 39.3 Å². The highest BCUT2D eigenvalue weighted by atomic mass is 19.1. The number of nitrogens with zero attached hydrogens (tertiary/aromatic N) is 1. The summed E-state index contributed by atoms with van der Waals surface area (Å²) in [6.07, 6.45) is 4.98. The van der Waals surface area contributed by atoms with Crippen LogP contribution in [0.25, 0.3) is 0 Å². The average molecular weight is 197 g/mol. The second-order valence-corrected chi connectivity index (χ2v) is 3.83. The predicted octanol–water partition coefficient (Wildman–Crippen LogP) is 1.89. The lowest BCUT2D eigenvalue weighted by molar-refractivity contribution is 0.0419. The number of rotatable bonds is 2. The van der Waals surface area contributed by atoms with Crippen LogP contribution in [-0.4, -0.2) is 37.7 Å². The number of halogens is 1. The summed E-state index contributed by atoms with van der Waals surface area (Å²) in [7, 11) is 0. The molecule has 2 rings (SSSR count). The van der Waals surface area contributed by atoms with Crippen molar-refractivity contribution in [2.75, 3.05) is 32.8 Å². The SMILES string of the molecule is FC1=CC=C(CN2CCOCC2)CC1. The Kier molecular flexibility index (Phi) is 3.32. The minimum Gasteiger partial charge on any atom is -0.379 e. The Morgan fingerprint density at radius 3 is 2.64 bits per heavy atom. The first-order chi connectivity index (χ1) is 6.84.